The fourth-order valence-electron chi connectivity index (χ4n) is 2.40. The Labute approximate surface area is 128 Å². The first-order valence-corrected chi connectivity index (χ1v) is 8.86. The van der Waals surface area contributed by atoms with E-state index >= 15 is 0 Å². The third-order valence-corrected chi connectivity index (χ3v) is 6.36. The van der Waals surface area contributed by atoms with Gasteiger partial charge >= 0.3 is 0 Å². The molecule has 1 aliphatic heterocycles. The maximum absolute atomic E-state index is 12.7. The maximum Gasteiger partial charge on any atom is 0.243 e. The molecule has 3 rings (SSSR count). The number of sulfonamides is 1. The highest BCUT2D eigenvalue weighted by molar-refractivity contribution is 7.89. The third-order valence-electron chi connectivity index (χ3n) is 3.50. The van der Waals surface area contributed by atoms with Gasteiger partial charge in [-0.05, 0) is 31.2 Å². The lowest BCUT2D eigenvalue weighted by Gasteiger charge is -2.25. The molecule has 0 saturated heterocycles. The van der Waals surface area contributed by atoms with Gasteiger partial charge in [0, 0.05) is 17.8 Å². The number of methoxy groups -OCH3 is 1. The Balaban J connectivity index is 1.88. The average molecular weight is 324 g/mol. The zero-order valence-corrected chi connectivity index (χ0v) is 13.5. The highest BCUT2D eigenvalue weighted by atomic mass is 32.2. The normalized spacial score (nSPS) is 15.7. The highest BCUT2D eigenvalue weighted by Gasteiger charge is 2.29. The number of rotatable bonds is 3. The van der Waals surface area contributed by atoms with Crippen LogP contribution < -0.4 is 4.74 Å². The lowest BCUT2D eigenvalue weighted by atomic mass is 10.2. The van der Waals surface area contributed by atoms with Crippen LogP contribution in [0.1, 0.15) is 15.6 Å². The predicted octanol–water partition coefficient (Wildman–Crippen LogP) is 2.21. The molecule has 0 fully saturated rings. The van der Waals surface area contributed by atoms with Crippen LogP contribution in [0.25, 0.3) is 0 Å². The van der Waals surface area contributed by atoms with Crippen molar-refractivity contribution in [2.24, 2.45) is 0 Å². The molecule has 1 aliphatic rings. The Bertz CT molecular complexity index is 751. The number of aromatic nitrogens is 1. The largest absolute Gasteiger partial charge is 0.497 e. The fraction of sp³-hybridized carbons (Fsp3) is 0.357. The van der Waals surface area contributed by atoms with Crippen molar-refractivity contribution in [3.63, 3.8) is 0 Å². The number of hydrogen-bond acceptors (Lipinski definition) is 5. The molecule has 0 spiro atoms. The van der Waals surface area contributed by atoms with Gasteiger partial charge in [-0.1, -0.05) is 0 Å². The zero-order valence-electron chi connectivity index (χ0n) is 11.9. The molecule has 21 heavy (non-hydrogen) atoms. The van der Waals surface area contributed by atoms with Crippen LogP contribution >= 0.6 is 11.3 Å². The molecule has 0 unspecified atom stereocenters. The van der Waals surface area contributed by atoms with Crippen molar-refractivity contribution in [1.29, 1.82) is 0 Å². The van der Waals surface area contributed by atoms with E-state index in [2.05, 4.69) is 4.98 Å². The number of fused-ring (bicyclic) bond motifs is 1. The number of nitrogens with zero attached hydrogens (tertiary/aromatic N) is 2. The molecule has 0 bridgehead atoms. The van der Waals surface area contributed by atoms with Crippen LogP contribution in [0, 0.1) is 6.92 Å². The summed E-state index contributed by atoms with van der Waals surface area (Å²) in [5, 5.41) is 0.990. The van der Waals surface area contributed by atoms with E-state index in [-0.39, 0.29) is 0 Å². The summed E-state index contributed by atoms with van der Waals surface area (Å²) < 4.78 is 31.9. The standard InChI is InChI=1S/C14H16N2O3S2/c1-10-15-13-7-8-16(9-14(13)20-10)21(17,18)12-5-3-11(19-2)4-6-12/h3-6H,7-9H2,1-2H3. The van der Waals surface area contributed by atoms with Crippen molar-refractivity contribution in [3.05, 3.63) is 39.8 Å². The van der Waals surface area contributed by atoms with Gasteiger partial charge in [-0.15, -0.1) is 11.3 Å². The van der Waals surface area contributed by atoms with Crippen LogP contribution in [0.4, 0.5) is 0 Å². The average Bonchev–Trinajstić information content (AvgIpc) is 2.86. The van der Waals surface area contributed by atoms with E-state index in [0.717, 1.165) is 15.6 Å². The molecule has 0 radical (unpaired) electrons. The molecule has 0 aliphatic carbocycles. The number of hydrogen-bond donors (Lipinski definition) is 0. The van der Waals surface area contributed by atoms with E-state index in [1.54, 1.807) is 42.7 Å². The summed E-state index contributed by atoms with van der Waals surface area (Å²) in [6, 6.07) is 6.50. The summed E-state index contributed by atoms with van der Waals surface area (Å²) in [6.07, 6.45) is 0.676. The Morgan fingerprint density at radius 1 is 1.29 bits per heavy atom. The molecular weight excluding hydrogens is 308 g/mol. The number of benzene rings is 1. The van der Waals surface area contributed by atoms with Crippen molar-refractivity contribution in [1.82, 2.24) is 9.29 Å². The van der Waals surface area contributed by atoms with E-state index in [1.165, 1.54) is 4.31 Å². The first kappa shape index (κ1) is 14.5. The number of ether oxygens (including phenoxy) is 1. The second-order valence-corrected chi connectivity index (χ2v) is 8.09. The summed E-state index contributed by atoms with van der Waals surface area (Å²) in [5.41, 5.74) is 1.04. The van der Waals surface area contributed by atoms with Crippen LogP contribution in [-0.4, -0.2) is 31.4 Å². The molecule has 2 heterocycles. The fourth-order valence-corrected chi connectivity index (χ4v) is 4.89. The number of aryl methyl sites for hydroxylation is 1. The van der Waals surface area contributed by atoms with Crippen LogP contribution in [-0.2, 0) is 23.0 Å². The van der Waals surface area contributed by atoms with Gasteiger partial charge < -0.3 is 4.74 Å². The minimum absolute atomic E-state index is 0.299. The van der Waals surface area contributed by atoms with Gasteiger partial charge in [0.25, 0.3) is 0 Å². The topological polar surface area (TPSA) is 59.5 Å². The monoisotopic (exact) mass is 324 g/mol. The first-order valence-electron chi connectivity index (χ1n) is 6.60. The molecular formula is C14H16N2O3S2. The molecule has 0 atom stereocenters. The molecule has 2 aromatic rings. The van der Waals surface area contributed by atoms with Gasteiger partial charge in [-0.25, -0.2) is 13.4 Å². The smallest absolute Gasteiger partial charge is 0.243 e. The van der Waals surface area contributed by atoms with Gasteiger partial charge in [-0.2, -0.15) is 4.31 Å². The van der Waals surface area contributed by atoms with Crippen LogP contribution in [0.2, 0.25) is 0 Å². The van der Waals surface area contributed by atoms with Gasteiger partial charge in [0.1, 0.15) is 5.75 Å². The second-order valence-electron chi connectivity index (χ2n) is 4.87. The van der Waals surface area contributed by atoms with Crippen LogP contribution in [0.5, 0.6) is 5.75 Å². The molecule has 112 valence electrons. The SMILES string of the molecule is COc1ccc(S(=O)(=O)N2CCc3nc(C)sc3C2)cc1. The third kappa shape index (κ3) is 2.68. The molecule has 0 saturated carbocycles. The highest BCUT2D eigenvalue weighted by Crippen LogP contribution is 2.29. The molecule has 0 N–H and O–H groups in total. The minimum atomic E-state index is -3.46. The minimum Gasteiger partial charge on any atom is -0.497 e. The van der Waals surface area contributed by atoms with Crippen molar-refractivity contribution in [2.75, 3.05) is 13.7 Å². The molecule has 0 amide bonds. The van der Waals surface area contributed by atoms with Crippen molar-refractivity contribution in [2.45, 2.75) is 24.8 Å². The quantitative estimate of drug-likeness (QED) is 0.868. The van der Waals surface area contributed by atoms with E-state index in [9.17, 15) is 8.42 Å². The van der Waals surface area contributed by atoms with Crippen molar-refractivity contribution < 1.29 is 13.2 Å². The first-order chi connectivity index (χ1) is 10.0. The maximum atomic E-state index is 12.7. The Hall–Kier alpha value is -1.44. The summed E-state index contributed by atoms with van der Waals surface area (Å²) in [7, 11) is -1.91. The Morgan fingerprint density at radius 2 is 2.00 bits per heavy atom. The van der Waals surface area contributed by atoms with Crippen molar-refractivity contribution >= 4 is 21.4 Å². The molecule has 1 aromatic heterocycles. The van der Waals surface area contributed by atoms with E-state index in [0.29, 0.717) is 30.2 Å². The summed E-state index contributed by atoms with van der Waals surface area (Å²) >= 11 is 1.57. The lowest BCUT2D eigenvalue weighted by Crippen LogP contribution is -2.35. The summed E-state index contributed by atoms with van der Waals surface area (Å²) in [6.45, 7) is 2.84. The van der Waals surface area contributed by atoms with E-state index < -0.39 is 10.0 Å². The molecule has 5 nitrogen and oxygen atoms in total. The lowest BCUT2D eigenvalue weighted by molar-refractivity contribution is 0.392. The number of thiazole rings is 1. The zero-order chi connectivity index (χ0) is 15.0. The summed E-state index contributed by atoms with van der Waals surface area (Å²) in [5.74, 6) is 0.646. The van der Waals surface area contributed by atoms with E-state index in [1.807, 2.05) is 6.92 Å². The predicted molar refractivity (Wildman–Crippen MR) is 81.1 cm³/mol. The second kappa shape index (κ2) is 5.40. The van der Waals surface area contributed by atoms with Gasteiger partial charge in [0.15, 0.2) is 0 Å². The Kier molecular flexibility index (Phi) is 3.73. The van der Waals surface area contributed by atoms with Gasteiger partial charge in [0.2, 0.25) is 10.0 Å². The van der Waals surface area contributed by atoms with Crippen molar-refractivity contribution in [3.8, 4) is 5.75 Å². The van der Waals surface area contributed by atoms with Crippen LogP contribution in [0.15, 0.2) is 29.2 Å². The molecule has 7 heteroatoms. The molecule has 1 aromatic carbocycles. The summed E-state index contributed by atoms with van der Waals surface area (Å²) in [4.78, 5) is 5.79. The van der Waals surface area contributed by atoms with E-state index in [4.69, 9.17) is 4.74 Å². The Morgan fingerprint density at radius 3 is 2.67 bits per heavy atom. The van der Waals surface area contributed by atoms with Gasteiger partial charge in [0.05, 0.1) is 29.3 Å². The van der Waals surface area contributed by atoms with Crippen LogP contribution in [0.3, 0.4) is 0 Å². The van der Waals surface area contributed by atoms with Gasteiger partial charge in [-0.3, -0.25) is 0 Å².